The van der Waals surface area contributed by atoms with Gasteiger partial charge in [0.2, 0.25) is 0 Å². The van der Waals surface area contributed by atoms with Crippen LogP contribution in [0.2, 0.25) is 0 Å². The van der Waals surface area contributed by atoms with Gasteiger partial charge in [0.05, 0.1) is 0 Å². The normalized spacial score (nSPS) is 4.25. The Morgan fingerprint density at radius 2 is 1.75 bits per heavy atom. The Labute approximate surface area is 40.7 Å². The molecule has 29 valence electrons. The van der Waals surface area contributed by atoms with E-state index in [-0.39, 0.29) is 17.1 Å². The predicted octanol–water partition coefficient (Wildman–Crippen LogP) is -0.681. The van der Waals surface area contributed by atoms with Gasteiger partial charge in [-0.25, -0.2) is 0 Å². The monoisotopic (exact) mass is 145 g/mol. The summed E-state index contributed by atoms with van der Waals surface area (Å²) in [5.74, 6) is 0. The van der Waals surface area contributed by atoms with Crippen molar-refractivity contribution in [3.05, 3.63) is 0 Å². The van der Waals surface area contributed by atoms with Crippen LogP contribution in [0.4, 0.5) is 0 Å². The van der Waals surface area contributed by atoms with E-state index in [2.05, 4.69) is 0 Å². The SMILES string of the molecule is [Fe].[O]=[Fe][OH]. The van der Waals surface area contributed by atoms with Crippen LogP contribution in [0.5, 0.6) is 0 Å². The van der Waals surface area contributed by atoms with E-state index >= 15 is 0 Å². The molecule has 0 atom stereocenters. The third-order valence-corrected chi connectivity index (χ3v) is 0. The summed E-state index contributed by atoms with van der Waals surface area (Å²) in [4.78, 5) is 0. The molecule has 0 bridgehead atoms. The molecule has 0 saturated carbocycles. The Kier molecular flexibility index (Phi) is 20.3. The molecule has 0 aromatic carbocycles. The van der Waals surface area contributed by atoms with Crippen LogP contribution < -0.4 is 0 Å². The maximum absolute atomic E-state index is 8.49. The fourth-order valence-corrected chi connectivity index (χ4v) is 0. The molecule has 1 N–H and O–H groups in total. The van der Waals surface area contributed by atoms with Gasteiger partial charge >= 0.3 is 23.2 Å². The molecule has 2 nitrogen and oxygen atoms in total. The van der Waals surface area contributed by atoms with E-state index in [0.29, 0.717) is 0 Å². The zero-order chi connectivity index (χ0) is 2.71. The zero-order valence-corrected chi connectivity index (χ0v) is 3.77. The van der Waals surface area contributed by atoms with Gasteiger partial charge in [-0.1, -0.05) is 0 Å². The Morgan fingerprint density at radius 1 is 1.75 bits per heavy atom. The summed E-state index contributed by atoms with van der Waals surface area (Å²) < 4.78 is 15.5. The Hall–Kier alpha value is 0.799. The van der Waals surface area contributed by atoms with Crippen molar-refractivity contribution in [3.8, 4) is 0 Å². The number of hydrogen-bond donors (Lipinski definition) is 1. The molecule has 0 aromatic heterocycles. The van der Waals surface area contributed by atoms with E-state index in [9.17, 15) is 0 Å². The van der Waals surface area contributed by atoms with Crippen LogP contribution in [-0.2, 0) is 36.1 Å². The van der Waals surface area contributed by atoms with Crippen LogP contribution in [0, 0.1) is 0 Å². The second-order valence-electron chi connectivity index (χ2n) is 0.0645. The Morgan fingerprint density at radius 3 is 1.75 bits per heavy atom. The summed E-state index contributed by atoms with van der Waals surface area (Å²) in [6, 6.07) is 0. The van der Waals surface area contributed by atoms with Gasteiger partial charge in [-0.2, -0.15) is 0 Å². The van der Waals surface area contributed by atoms with Gasteiger partial charge in [-0.05, 0) is 0 Å². The van der Waals surface area contributed by atoms with Crippen molar-refractivity contribution in [1.82, 2.24) is 0 Å². The molecule has 0 aliphatic heterocycles. The molecule has 4 heteroatoms. The van der Waals surface area contributed by atoms with Crippen molar-refractivity contribution >= 4 is 0 Å². The van der Waals surface area contributed by atoms with Crippen LogP contribution in [0.3, 0.4) is 0 Å². The first-order valence-electron chi connectivity index (χ1n) is 0.302. The molecule has 0 heterocycles. The standard InChI is InChI=1S/2Fe.H2O.O/h;;1H2;/q;+1;;/p-1. The predicted molar refractivity (Wildman–Crippen MR) is 2.91 cm³/mol. The summed E-state index contributed by atoms with van der Waals surface area (Å²) in [5, 5.41) is 0. The van der Waals surface area contributed by atoms with Crippen molar-refractivity contribution < 1.29 is 40.3 Å². The second-order valence-corrected chi connectivity index (χ2v) is 0.266. The zero-order valence-electron chi connectivity index (χ0n) is 1.56. The fourth-order valence-electron chi connectivity index (χ4n) is 0. The quantitative estimate of drug-likeness (QED) is 0.458. The van der Waals surface area contributed by atoms with Gasteiger partial charge < -0.3 is 0 Å². The summed E-state index contributed by atoms with van der Waals surface area (Å²) in [5.41, 5.74) is 0. The molecule has 0 saturated heterocycles. The molecule has 0 aliphatic rings. The number of hydrogen-bond acceptors (Lipinski definition) is 1. The van der Waals surface area contributed by atoms with E-state index in [1.54, 1.807) is 0 Å². The summed E-state index contributed by atoms with van der Waals surface area (Å²) in [6.45, 7) is 0. The third-order valence-electron chi connectivity index (χ3n) is 0. The first-order chi connectivity index (χ1) is 1.41. The van der Waals surface area contributed by atoms with E-state index in [0.717, 1.165) is 0 Å². The Balaban J connectivity index is 0. The van der Waals surface area contributed by atoms with E-state index in [1.807, 2.05) is 0 Å². The Bertz CT molecular complexity index is 11.5. The molecule has 0 fully saturated rings. The maximum atomic E-state index is 8.49. The molecule has 4 heavy (non-hydrogen) atoms. The number of rotatable bonds is 0. The van der Waals surface area contributed by atoms with Crippen molar-refractivity contribution in [1.29, 1.82) is 0 Å². The molecule has 0 radical (unpaired) electrons. The van der Waals surface area contributed by atoms with Crippen molar-refractivity contribution in [2.24, 2.45) is 0 Å². The van der Waals surface area contributed by atoms with Crippen LogP contribution in [0.1, 0.15) is 0 Å². The summed E-state index contributed by atoms with van der Waals surface area (Å²) >= 11 is -1.00. The minimum absolute atomic E-state index is 0. The summed E-state index contributed by atoms with van der Waals surface area (Å²) in [6.07, 6.45) is 0. The first-order valence-corrected chi connectivity index (χ1v) is 1.25. The first kappa shape index (κ1) is 8.84. The van der Waals surface area contributed by atoms with Gasteiger partial charge in [0, 0.05) is 17.1 Å². The van der Waals surface area contributed by atoms with Crippen molar-refractivity contribution in [2.45, 2.75) is 0 Å². The van der Waals surface area contributed by atoms with Crippen LogP contribution in [0.25, 0.3) is 0 Å². The van der Waals surface area contributed by atoms with E-state index < -0.39 is 15.2 Å². The van der Waals surface area contributed by atoms with Crippen molar-refractivity contribution in [2.75, 3.05) is 0 Å². The van der Waals surface area contributed by atoms with Crippen molar-refractivity contribution in [3.63, 3.8) is 0 Å². The molecule has 0 rings (SSSR count). The van der Waals surface area contributed by atoms with Crippen LogP contribution in [0.15, 0.2) is 0 Å². The van der Waals surface area contributed by atoms with Gasteiger partial charge in [0.25, 0.3) is 0 Å². The summed E-state index contributed by atoms with van der Waals surface area (Å²) in [7, 11) is 0. The van der Waals surface area contributed by atoms with Gasteiger partial charge in [0.1, 0.15) is 0 Å². The minimum atomic E-state index is -1.00. The van der Waals surface area contributed by atoms with Crippen LogP contribution in [-0.4, -0.2) is 4.19 Å². The van der Waals surface area contributed by atoms with E-state index in [1.165, 1.54) is 0 Å². The van der Waals surface area contributed by atoms with Gasteiger partial charge in [0.15, 0.2) is 0 Å². The second kappa shape index (κ2) is 9.20. The van der Waals surface area contributed by atoms with Gasteiger partial charge in [-0.15, -0.1) is 0 Å². The topological polar surface area (TPSA) is 37.3 Å². The van der Waals surface area contributed by atoms with E-state index in [4.69, 9.17) is 8.02 Å². The van der Waals surface area contributed by atoms with Gasteiger partial charge in [-0.3, -0.25) is 0 Å². The third kappa shape index (κ3) is 14.2. The molecule has 0 aliphatic carbocycles. The molecule has 0 aromatic rings. The molecule has 0 unspecified atom stereocenters. The molecule has 0 spiro atoms. The molecule has 0 amide bonds. The van der Waals surface area contributed by atoms with Crippen LogP contribution >= 0.6 is 0 Å². The fraction of sp³-hybridized carbons (Fsp3) is 0. The average Bonchev–Trinajstić information content (AvgIpc) is 0.918. The average molecular weight is 145 g/mol. The molecular weight excluding hydrogens is 144 g/mol. The molecular formula is HFe2O2.